The van der Waals surface area contributed by atoms with Crippen LogP contribution in [0.1, 0.15) is 39.0 Å². The molecule has 1 unspecified atom stereocenters. The maximum absolute atomic E-state index is 11.5. The number of thioether (sulfide) groups is 1. The average Bonchev–Trinajstić information content (AvgIpc) is 2.66. The van der Waals surface area contributed by atoms with Gasteiger partial charge < -0.3 is 5.32 Å². The molecule has 1 fully saturated rings. The fraction of sp³-hybridized carbons (Fsp3) is 0.917. The molecule has 4 nitrogen and oxygen atoms in total. The van der Waals surface area contributed by atoms with E-state index in [9.17, 15) is 13.2 Å². The second-order valence-electron chi connectivity index (χ2n) is 4.75. The van der Waals surface area contributed by atoms with E-state index in [2.05, 4.69) is 12.2 Å². The smallest absolute Gasteiger partial charge is 0.230 e. The number of nitrogens with one attached hydrogen (secondary N) is 1. The summed E-state index contributed by atoms with van der Waals surface area (Å²) in [7, 11) is -2.82. The Kier molecular flexibility index (Phi) is 7.07. The molecule has 1 atom stereocenters. The van der Waals surface area contributed by atoms with Gasteiger partial charge in [0.15, 0.2) is 9.84 Å². The maximum atomic E-state index is 11.5. The van der Waals surface area contributed by atoms with Gasteiger partial charge in [0.05, 0.1) is 17.3 Å². The Morgan fingerprint density at radius 3 is 2.72 bits per heavy atom. The van der Waals surface area contributed by atoms with E-state index in [0.717, 1.165) is 19.4 Å². The normalized spacial score (nSPS) is 21.9. The van der Waals surface area contributed by atoms with Gasteiger partial charge >= 0.3 is 0 Å². The molecule has 1 N–H and O–H groups in total. The summed E-state index contributed by atoms with van der Waals surface area (Å²) in [5, 5.41) is 2.99. The second-order valence-corrected chi connectivity index (χ2v) is 8.26. The van der Waals surface area contributed by atoms with Crippen LogP contribution in [0, 0.1) is 0 Å². The van der Waals surface area contributed by atoms with Crippen LogP contribution in [0.5, 0.6) is 0 Å². The lowest BCUT2D eigenvalue weighted by molar-refractivity contribution is -0.118. The Labute approximate surface area is 114 Å². The van der Waals surface area contributed by atoms with Gasteiger partial charge in [0.2, 0.25) is 5.91 Å². The van der Waals surface area contributed by atoms with Crippen LogP contribution in [-0.2, 0) is 14.6 Å². The summed E-state index contributed by atoms with van der Waals surface area (Å²) in [6, 6.07) is 0. The van der Waals surface area contributed by atoms with Gasteiger partial charge in [0.25, 0.3) is 0 Å². The number of hydrogen-bond donors (Lipinski definition) is 1. The third-order valence-corrected chi connectivity index (χ3v) is 6.27. The highest BCUT2D eigenvalue weighted by Crippen LogP contribution is 2.23. The summed E-state index contributed by atoms with van der Waals surface area (Å²) in [5.74, 6) is 0.930. The molecule has 1 heterocycles. The van der Waals surface area contributed by atoms with Crippen molar-refractivity contribution in [3.63, 3.8) is 0 Å². The van der Waals surface area contributed by atoms with Crippen molar-refractivity contribution in [1.29, 1.82) is 0 Å². The molecule has 1 aliphatic heterocycles. The first-order valence-corrected chi connectivity index (χ1v) is 9.49. The fourth-order valence-electron chi connectivity index (χ4n) is 1.92. The lowest BCUT2D eigenvalue weighted by Crippen LogP contribution is -2.27. The van der Waals surface area contributed by atoms with E-state index in [1.165, 1.54) is 24.6 Å². The number of carbonyl (C=O) groups is 1. The first-order chi connectivity index (χ1) is 8.53. The molecular weight excluding hydrogens is 270 g/mol. The quantitative estimate of drug-likeness (QED) is 0.691. The molecule has 0 spiro atoms. The monoisotopic (exact) mass is 293 g/mol. The first kappa shape index (κ1) is 15.8. The highest BCUT2D eigenvalue weighted by atomic mass is 32.2. The Hall–Kier alpha value is -0.230. The van der Waals surface area contributed by atoms with Crippen molar-refractivity contribution < 1.29 is 13.2 Å². The van der Waals surface area contributed by atoms with Crippen LogP contribution in [0.2, 0.25) is 0 Å². The van der Waals surface area contributed by atoms with E-state index in [0.29, 0.717) is 12.2 Å². The highest BCUT2D eigenvalue weighted by molar-refractivity contribution is 8.02. The Morgan fingerprint density at radius 1 is 1.33 bits per heavy atom. The Bertz CT molecular complexity index is 354. The van der Waals surface area contributed by atoms with E-state index in [4.69, 9.17) is 0 Å². The molecule has 106 valence electrons. The minimum Gasteiger partial charge on any atom is -0.355 e. The average molecular weight is 293 g/mol. The number of hydrogen-bond acceptors (Lipinski definition) is 4. The number of amides is 1. The van der Waals surface area contributed by atoms with Gasteiger partial charge in [-0.05, 0) is 12.8 Å². The van der Waals surface area contributed by atoms with E-state index >= 15 is 0 Å². The highest BCUT2D eigenvalue weighted by Gasteiger charge is 2.28. The lowest BCUT2D eigenvalue weighted by Gasteiger charge is -2.08. The minimum atomic E-state index is -2.82. The van der Waals surface area contributed by atoms with Crippen molar-refractivity contribution in [3.8, 4) is 0 Å². The van der Waals surface area contributed by atoms with Crippen LogP contribution in [0.15, 0.2) is 0 Å². The third kappa shape index (κ3) is 6.64. The molecule has 0 aromatic rings. The fourth-order valence-corrected chi connectivity index (χ4v) is 5.39. The number of rotatable bonds is 8. The van der Waals surface area contributed by atoms with Crippen LogP contribution in [-0.4, -0.2) is 43.4 Å². The van der Waals surface area contributed by atoms with Gasteiger partial charge in [-0.1, -0.05) is 26.2 Å². The zero-order valence-corrected chi connectivity index (χ0v) is 12.6. The van der Waals surface area contributed by atoms with E-state index in [1.807, 2.05) is 0 Å². The van der Waals surface area contributed by atoms with Crippen LogP contribution >= 0.6 is 11.8 Å². The van der Waals surface area contributed by atoms with Crippen LogP contribution in [0.25, 0.3) is 0 Å². The van der Waals surface area contributed by atoms with Gasteiger partial charge in [-0.15, -0.1) is 11.8 Å². The maximum Gasteiger partial charge on any atom is 0.230 e. The summed E-state index contributed by atoms with van der Waals surface area (Å²) in [6.45, 7) is 2.90. The molecule has 1 saturated heterocycles. The molecule has 1 rings (SSSR count). The summed E-state index contributed by atoms with van der Waals surface area (Å²) in [6.07, 6.45) is 5.29. The standard InChI is InChI=1S/C12H23NO3S2/c1-2-3-4-5-7-13-12(14)9-17-11-6-8-18(15,16)10-11/h11H,2-10H2,1H3,(H,13,14). The summed E-state index contributed by atoms with van der Waals surface area (Å²) >= 11 is 1.47. The number of sulfone groups is 1. The zero-order valence-electron chi connectivity index (χ0n) is 11.0. The molecule has 6 heteroatoms. The number of unbranched alkanes of at least 4 members (excludes halogenated alkanes) is 3. The predicted molar refractivity (Wildman–Crippen MR) is 76.7 cm³/mol. The van der Waals surface area contributed by atoms with Gasteiger partial charge in [-0.3, -0.25) is 4.79 Å². The third-order valence-electron chi connectivity index (χ3n) is 2.99. The lowest BCUT2D eigenvalue weighted by atomic mass is 10.2. The zero-order chi connectivity index (χ0) is 13.4. The summed E-state index contributed by atoms with van der Waals surface area (Å²) in [4.78, 5) is 11.5. The Morgan fingerprint density at radius 2 is 2.11 bits per heavy atom. The first-order valence-electron chi connectivity index (χ1n) is 6.62. The number of carbonyl (C=O) groups excluding carboxylic acids is 1. The SMILES string of the molecule is CCCCCCNC(=O)CSC1CCS(=O)(=O)C1. The molecule has 1 aliphatic rings. The van der Waals surface area contributed by atoms with Crippen molar-refractivity contribution in [3.05, 3.63) is 0 Å². The van der Waals surface area contributed by atoms with E-state index in [-0.39, 0.29) is 22.7 Å². The van der Waals surface area contributed by atoms with Crippen LogP contribution < -0.4 is 5.32 Å². The largest absolute Gasteiger partial charge is 0.355 e. The minimum absolute atomic E-state index is 0.0285. The molecule has 0 aliphatic carbocycles. The summed E-state index contributed by atoms with van der Waals surface area (Å²) < 4.78 is 22.5. The summed E-state index contributed by atoms with van der Waals surface area (Å²) in [5.41, 5.74) is 0. The van der Waals surface area contributed by atoms with E-state index < -0.39 is 9.84 Å². The van der Waals surface area contributed by atoms with E-state index in [1.54, 1.807) is 0 Å². The molecule has 0 aromatic heterocycles. The second kappa shape index (κ2) is 8.04. The van der Waals surface area contributed by atoms with Crippen molar-refractivity contribution in [2.24, 2.45) is 0 Å². The van der Waals surface area contributed by atoms with Crippen molar-refractivity contribution in [1.82, 2.24) is 5.32 Å². The van der Waals surface area contributed by atoms with Crippen LogP contribution in [0.3, 0.4) is 0 Å². The van der Waals surface area contributed by atoms with Gasteiger partial charge in [0.1, 0.15) is 0 Å². The van der Waals surface area contributed by atoms with Crippen molar-refractivity contribution in [2.45, 2.75) is 44.3 Å². The molecule has 0 bridgehead atoms. The molecular formula is C12H23NO3S2. The van der Waals surface area contributed by atoms with Gasteiger partial charge in [-0.25, -0.2) is 8.42 Å². The molecule has 18 heavy (non-hydrogen) atoms. The molecule has 1 amide bonds. The van der Waals surface area contributed by atoms with Gasteiger partial charge in [-0.2, -0.15) is 0 Å². The molecule has 0 aromatic carbocycles. The predicted octanol–water partition coefficient (Wildman–Crippen LogP) is 1.60. The topological polar surface area (TPSA) is 63.2 Å². The van der Waals surface area contributed by atoms with Gasteiger partial charge in [0, 0.05) is 11.8 Å². The van der Waals surface area contributed by atoms with Crippen LogP contribution in [0.4, 0.5) is 0 Å². The van der Waals surface area contributed by atoms with Crippen molar-refractivity contribution >= 4 is 27.5 Å². The Balaban J connectivity index is 2.04. The molecule has 0 saturated carbocycles. The van der Waals surface area contributed by atoms with Crippen molar-refractivity contribution in [2.75, 3.05) is 23.8 Å². The molecule has 0 radical (unpaired) electrons.